The summed E-state index contributed by atoms with van der Waals surface area (Å²) < 4.78 is 0. The smallest absolute Gasteiger partial charge is 0.251 e. The summed E-state index contributed by atoms with van der Waals surface area (Å²) >= 11 is 0. The van der Waals surface area contributed by atoms with E-state index in [1.54, 1.807) is 0 Å². The van der Waals surface area contributed by atoms with E-state index in [4.69, 9.17) is 0 Å². The number of hydrogen-bond donors (Lipinski definition) is 1. The minimum absolute atomic E-state index is 0.0668. The van der Waals surface area contributed by atoms with Crippen LogP contribution in [0.2, 0.25) is 0 Å². The Kier molecular flexibility index (Phi) is 2.76. The molecule has 1 N–H and O–H groups in total. The second-order valence-electron chi connectivity index (χ2n) is 4.31. The molecule has 2 heteroatoms. The number of hydrogen-bond acceptors (Lipinski definition) is 1. The van der Waals surface area contributed by atoms with E-state index in [1.807, 2.05) is 30.3 Å². The minimum atomic E-state index is 0.0668. The highest BCUT2D eigenvalue weighted by molar-refractivity contribution is 5.94. The molecule has 80 valence electrons. The lowest BCUT2D eigenvalue weighted by Crippen LogP contribution is -2.52. The van der Waals surface area contributed by atoms with Gasteiger partial charge in [-0.05, 0) is 37.8 Å². The molecule has 15 heavy (non-hydrogen) atoms. The molecule has 1 saturated carbocycles. The van der Waals surface area contributed by atoms with Crippen molar-refractivity contribution in [1.29, 1.82) is 0 Å². The molecular weight excluding hydrogens is 186 g/mol. The first-order valence-electron chi connectivity index (χ1n) is 5.63. The van der Waals surface area contributed by atoms with Crippen molar-refractivity contribution in [2.75, 3.05) is 0 Å². The highest BCUT2D eigenvalue weighted by Gasteiger charge is 2.36. The molecule has 1 aromatic carbocycles. The zero-order valence-corrected chi connectivity index (χ0v) is 9.12. The summed E-state index contributed by atoms with van der Waals surface area (Å²) in [6.45, 7) is 2.14. The van der Waals surface area contributed by atoms with Crippen LogP contribution in [0.5, 0.6) is 0 Å². The number of benzene rings is 1. The first-order chi connectivity index (χ1) is 7.26. The van der Waals surface area contributed by atoms with Crippen LogP contribution in [0.3, 0.4) is 0 Å². The van der Waals surface area contributed by atoms with Crippen LogP contribution >= 0.6 is 0 Å². The van der Waals surface area contributed by atoms with Crippen LogP contribution in [0.25, 0.3) is 0 Å². The van der Waals surface area contributed by atoms with Gasteiger partial charge in [0.2, 0.25) is 0 Å². The Morgan fingerprint density at radius 1 is 1.33 bits per heavy atom. The summed E-state index contributed by atoms with van der Waals surface area (Å²) in [4.78, 5) is 11.9. The van der Waals surface area contributed by atoms with Gasteiger partial charge in [0, 0.05) is 11.1 Å². The molecule has 0 spiro atoms. The molecule has 1 fully saturated rings. The Morgan fingerprint density at radius 2 is 2.00 bits per heavy atom. The van der Waals surface area contributed by atoms with E-state index < -0.39 is 0 Å². The quantitative estimate of drug-likeness (QED) is 0.804. The van der Waals surface area contributed by atoms with Crippen molar-refractivity contribution >= 4 is 5.91 Å². The Morgan fingerprint density at radius 3 is 2.47 bits per heavy atom. The zero-order valence-electron chi connectivity index (χ0n) is 9.12. The van der Waals surface area contributed by atoms with Crippen molar-refractivity contribution < 1.29 is 4.79 Å². The monoisotopic (exact) mass is 203 g/mol. The second-order valence-corrected chi connectivity index (χ2v) is 4.31. The van der Waals surface area contributed by atoms with E-state index in [2.05, 4.69) is 12.2 Å². The first kappa shape index (κ1) is 10.2. The van der Waals surface area contributed by atoms with Gasteiger partial charge in [-0.2, -0.15) is 0 Å². The summed E-state index contributed by atoms with van der Waals surface area (Å²) in [7, 11) is 0. The molecule has 1 aliphatic rings. The number of amides is 1. The average molecular weight is 203 g/mol. The normalized spacial score (nSPS) is 17.9. The Bertz CT molecular complexity index is 335. The van der Waals surface area contributed by atoms with Gasteiger partial charge in [0.15, 0.2) is 0 Å². The van der Waals surface area contributed by atoms with Crippen LogP contribution < -0.4 is 5.32 Å². The van der Waals surface area contributed by atoms with Crippen molar-refractivity contribution in [3.05, 3.63) is 35.9 Å². The van der Waals surface area contributed by atoms with E-state index in [1.165, 1.54) is 6.42 Å². The van der Waals surface area contributed by atoms with Crippen LogP contribution in [0, 0.1) is 0 Å². The predicted molar refractivity (Wildman–Crippen MR) is 60.8 cm³/mol. The molecule has 1 aliphatic carbocycles. The highest BCUT2D eigenvalue weighted by atomic mass is 16.1. The van der Waals surface area contributed by atoms with Gasteiger partial charge in [0.05, 0.1) is 0 Å². The van der Waals surface area contributed by atoms with Crippen molar-refractivity contribution in [1.82, 2.24) is 5.32 Å². The van der Waals surface area contributed by atoms with E-state index in [9.17, 15) is 4.79 Å². The minimum Gasteiger partial charge on any atom is -0.347 e. The molecule has 0 heterocycles. The molecule has 0 aliphatic heterocycles. The maximum atomic E-state index is 11.9. The van der Waals surface area contributed by atoms with Crippen LogP contribution in [-0.2, 0) is 0 Å². The molecule has 2 nitrogen and oxygen atoms in total. The first-order valence-corrected chi connectivity index (χ1v) is 5.63. The van der Waals surface area contributed by atoms with Gasteiger partial charge in [-0.3, -0.25) is 4.79 Å². The summed E-state index contributed by atoms with van der Waals surface area (Å²) in [6, 6.07) is 9.44. The highest BCUT2D eigenvalue weighted by Crippen LogP contribution is 2.34. The second kappa shape index (κ2) is 4.05. The maximum absolute atomic E-state index is 11.9. The molecule has 0 saturated heterocycles. The summed E-state index contributed by atoms with van der Waals surface area (Å²) in [6.07, 6.45) is 4.53. The van der Waals surface area contributed by atoms with Gasteiger partial charge in [-0.1, -0.05) is 25.1 Å². The Labute approximate surface area is 90.7 Å². The van der Waals surface area contributed by atoms with Crippen molar-refractivity contribution in [2.24, 2.45) is 0 Å². The Hall–Kier alpha value is -1.31. The van der Waals surface area contributed by atoms with Crippen molar-refractivity contribution in [3.63, 3.8) is 0 Å². The predicted octanol–water partition coefficient (Wildman–Crippen LogP) is 2.75. The van der Waals surface area contributed by atoms with Gasteiger partial charge >= 0.3 is 0 Å². The van der Waals surface area contributed by atoms with Crippen LogP contribution in [0.1, 0.15) is 43.0 Å². The molecule has 2 rings (SSSR count). The fourth-order valence-corrected chi connectivity index (χ4v) is 2.07. The van der Waals surface area contributed by atoms with Crippen molar-refractivity contribution in [2.45, 2.75) is 38.1 Å². The molecule has 0 radical (unpaired) electrons. The topological polar surface area (TPSA) is 29.1 Å². The van der Waals surface area contributed by atoms with Crippen LogP contribution in [0.15, 0.2) is 30.3 Å². The standard InChI is InChI=1S/C13H17NO/c1-2-13(9-6-10-13)14-12(15)11-7-4-3-5-8-11/h3-5,7-8H,2,6,9-10H2,1H3,(H,14,15). The third-order valence-electron chi connectivity index (χ3n) is 3.40. The third-order valence-corrected chi connectivity index (χ3v) is 3.40. The molecule has 0 bridgehead atoms. The van der Waals surface area contributed by atoms with Gasteiger partial charge in [-0.25, -0.2) is 0 Å². The van der Waals surface area contributed by atoms with Crippen LogP contribution in [0.4, 0.5) is 0 Å². The molecule has 1 aromatic rings. The van der Waals surface area contributed by atoms with Gasteiger partial charge < -0.3 is 5.32 Å². The van der Waals surface area contributed by atoms with E-state index in [0.717, 1.165) is 24.8 Å². The van der Waals surface area contributed by atoms with Crippen LogP contribution in [-0.4, -0.2) is 11.4 Å². The van der Waals surface area contributed by atoms with Gasteiger partial charge in [0.1, 0.15) is 0 Å². The molecule has 1 amide bonds. The fourth-order valence-electron chi connectivity index (χ4n) is 2.07. The lowest BCUT2D eigenvalue weighted by molar-refractivity contribution is 0.0820. The molecular formula is C13H17NO. The maximum Gasteiger partial charge on any atom is 0.251 e. The SMILES string of the molecule is CCC1(NC(=O)c2ccccc2)CCC1. The van der Waals surface area contributed by atoms with Gasteiger partial charge in [0.25, 0.3) is 5.91 Å². The lowest BCUT2D eigenvalue weighted by Gasteiger charge is -2.42. The summed E-state index contributed by atoms with van der Waals surface area (Å²) in [5.74, 6) is 0.0668. The number of nitrogens with one attached hydrogen (secondary N) is 1. The number of carbonyl (C=O) groups excluding carboxylic acids is 1. The summed E-state index contributed by atoms with van der Waals surface area (Å²) in [5, 5.41) is 3.16. The summed E-state index contributed by atoms with van der Waals surface area (Å²) in [5.41, 5.74) is 0.852. The van der Waals surface area contributed by atoms with E-state index >= 15 is 0 Å². The molecule has 0 aromatic heterocycles. The zero-order chi connectivity index (χ0) is 10.7. The third kappa shape index (κ3) is 2.04. The number of rotatable bonds is 3. The fraction of sp³-hybridized carbons (Fsp3) is 0.462. The Balaban J connectivity index is 2.04. The molecule has 0 unspecified atom stereocenters. The lowest BCUT2D eigenvalue weighted by atomic mass is 9.74. The van der Waals surface area contributed by atoms with E-state index in [0.29, 0.717) is 0 Å². The largest absolute Gasteiger partial charge is 0.347 e. The van der Waals surface area contributed by atoms with E-state index in [-0.39, 0.29) is 11.4 Å². The van der Waals surface area contributed by atoms with Crippen molar-refractivity contribution in [3.8, 4) is 0 Å². The van der Waals surface area contributed by atoms with Gasteiger partial charge in [-0.15, -0.1) is 0 Å². The molecule has 0 atom stereocenters. The number of carbonyl (C=O) groups is 1. The average Bonchev–Trinajstić information content (AvgIpc) is 2.24.